The number of nitrogens with zero attached hydrogens (tertiary/aromatic N) is 4. The summed E-state index contributed by atoms with van der Waals surface area (Å²) in [5, 5.41) is 10.5. The number of methoxy groups -OCH3 is 1. The molecule has 2 fully saturated rings. The zero-order valence-electron chi connectivity index (χ0n) is 16.0. The molecule has 0 radical (unpaired) electrons. The topological polar surface area (TPSA) is 76.4 Å². The molecule has 0 unspecified atom stereocenters. The number of hydrogen-bond donors (Lipinski definition) is 2. The van der Waals surface area contributed by atoms with Crippen LogP contribution < -0.4 is 15.4 Å². The molecule has 0 aromatic carbocycles. The van der Waals surface area contributed by atoms with Gasteiger partial charge in [0.2, 0.25) is 0 Å². The van der Waals surface area contributed by atoms with Crippen molar-refractivity contribution in [2.45, 2.75) is 37.4 Å². The molecule has 152 valence electrons. The average Bonchev–Trinajstić information content (AvgIpc) is 3.50. The van der Waals surface area contributed by atoms with Crippen LogP contribution in [0.2, 0.25) is 0 Å². The van der Waals surface area contributed by atoms with Crippen LogP contribution in [-0.2, 0) is 0 Å². The van der Waals surface area contributed by atoms with Gasteiger partial charge in [-0.15, -0.1) is 0 Å². The van der Waals surface area contributed by atoms with E-state index >= 15 is 0 Å². The molecule has 0 amide bonds. The molecule has 0 bridgehead atoms. The highest BCUT2D eigenvalue weighted by Crippen LogP contribution is 2.43. The first-order valence-corrected chi connectivity index (χ1v) is 9.84. The number of fused-ring (bicyclic) bond motifs is 1. The number of alkyl halides is 1. The lowest BCUT2D eigenvalue weighted by atomic mass is 10.1. The fourth-order valence-electron chi connectivity index (χ4n) is 3.75. The van der Waals surface area contributed by atoms with E-state index in [1.54, 1.807) is 24.0 Å². The minimum atomic E-state index is -0.973. The first kappa shape index (κ1) is 18.2. The third-order valence-corrected chi connectivity index (χ3v) is 5.50. The predicted molar refractivity (Wildman–Crippen MR) is 104 cm³/mol. The predicted octanol–water partition coefficient (Wildman–Crippen LogP) is 2.93. The molecule has 0 spiro atoms. The zero-order chi connectivity index (χ0) is 20.0. The van der Waals surface area contributed by atoms with Crippen molar-refractivity contribution in [3.63, 3.8) is 0 Å². The Morgan fingerprint density at radius 3 is 2.86 bits per heavy atom. The summed E-state index contributed by atoms with van der Waals surface area (Å²) in [6.07, 6.45) is 4.91. The van der Waals surface area contributed by atoms with Gasteiger partial charge in [-0.05, 0) is 37.9 Å². The molecule has 1 saturated heterocycles. The van der Waals surface area contributed by atoms with Crippen LogP contribution in [-0.4, -0.2) is 52.0 Å². The maximum absolute atomic E-state index is 14.7. The zero-order valence-corrected chi connectivity index (χ0v) is 16.0. The van der Waals surface area contributed by atoms with E-state index in [0.29, 0.717) is 48.2 Å². The molecule has 4 heterocycles. The van der Waals surface area contributed by atoms with Gasteiger partial charge in [0.05, 0.1) is 36.8 Å². The highest BCUT2D eigenvalue weighted by Gasteiger charge is 2.30. The lowest BCUT2D eigenvalue weighted by Crippen LogP contribution is -2.46. The molecule has 2 aliphatic rings. The van der Waals surface area contributed by atoms with Crippen LogP contribution in [0, 0.1) is 5.82 Å². The summed E-state index contributed by atoms with van der Waals surface area (Å²) < 4.78 is 35.8. The molecular weight excluding hydrogens is 378 g/mol. The summed E-state index contributed by atoms with van der Waals surface area (Å²) in [7, 11) is 1.60. The van der Waals surface area contributed by atoms with Crippen molar-refractivity contribution >= 4 is 11.5 Å². The van der Waals surface area contributed by atoms with Gasteiger partial charge in [0.1, 0.15) is 23.5 Å². The molecular formula is C20H22F2N6O. The number of piperidine rings is 1. The number of hydrogen-bond acceptors (Lipinski definition) is 6. The molecule has 29 heavy (non-hydrogen) atoms. The highest BCUT2D eigenvalue weighted by molar-refractivity contribution is 5.76. The molecule has 3 aromatic heterocycles. The largest absolute Gasteiger partial charge is 0.493 e. The van der Waals surface area contributed by atoms with Gasteiger partial charge in [0, 0.05) is 12.5 Å². The summed E-state index contributed by atoms with van der Waals surface area (Å²) >= 11 is 0. The highest BCUT2D eigenvalue weighted by atomic mass is 19.1. The maximum Gasteiger partial charge on any atom is 0.165 e. The van der Waals surface area contributed by atoms with Crippen molar-refractivity contribution in [1.82, 2.24) is 24.9 Å². The van der Waals surface area contributed by atoms with Gasteiger partial charge in [-0.25, -0.2) is 23.3 Å². The molecule has 1 aliphatic carbocycles. The number of aromatic nitrogens is 4. The minimum absolute atomic E-state index is 0.142. The van der Waals surface area contributed by atoms with Crippen molar-refractivity contribution in [3.05, 3.63) is 36.0 Å². The maximum atomic E-state index is 14.7. The molecule has 5 rings (SSSR count). The van der Waals surface area contributed by atoms with Crippen LogP contribution in [0.1, 0.15) is 30.9 Å². The summed E-state index contributed by atoms with van der Waals surface area (Å²) in [6.45, 7) is 1.15. The van der Waals surface area contributed by atoms with E-state index in [2.05, 4.69) is 20.7 Å². The van der Waals surface area contributed by atoms with Crippen molar-refractivity contribution < 1.29 is 13.5 Å². The molecule has 2 N–H and O–H groups in total. The van der Waals surface area contributed by atoms with E-state index < -0.39 is 18.0 Å². The van der Waals surface area contributed by atoms with Gasteiger partial charge in [0.15, 0.2) is 11.4 Å². The Hall–Kier alpha value is -2.81. The van der Waals surface area contributed by atoms with Gasteiger partial charge in [-0.3, -0.25) is 0 Å². The van der Waals surface area contributed by atoms with Crippen LogP contribution in [0.3, 0.4) is 0 Å². The molecule has 9 heteroatoms. The van der Waals surface area contributed by atoms with Gasteiger partial charge in [-0.1, -0.05) is 0 Å². The van der Waals surface area contributed by atoms with Gasteiger partial charge < -0.3 is 15.4 Å². The van der Waals surface area contributed by atoms with Crippen LogP contribution in [0.4, 0.5) is 14.6 Å². The Morgan fingerprint density at radius 2 is 2.10 bits per heavy atom. The Kier molecular flexibility index (Phi) is 4.54. The Labute approximate surface area is 166 Å². The smallest absolute Gasteiger partial charge is 0.165 e. The first-order valence-electron chi connectivity index (χ1n) is 9.84. The fourth-order valence-corrected chi connectivity index (χ4v) is 3.75. The van der Waals surface area contributed by atoms with Crippen LogP contribution >= 0.6 is 0 Å². The fraction of sp³-hybridized carbons (Fsp3) is 0.450. The number of pyridine rings is 1. The second kappa shape index (κ2) is 7.22. The molecule has 1 saturated carbocycles. The number of rotatable bonds is 5. The van der Waals surface area contributed by atoms with Crippen LogP contribution in [0.25, 0.3) is 16.9 Å². The van der Waals surface area contributed by atoms with Crippen molar-refractivity contribution in [1.29, 1.82) is 0 Å². The van der Waals surface area contributed by atoms with E-state index in [9.17, 15) is 8.78 Å². The number of anilines is 1. The van der Waals surface area contributed by atoms with Crippen LogP contribution in [0.5, 0.6) is 5.75 Å². The standard InChI is InChI=1S/C20H22F2N6O/c1-29-16-10-28-20(27-18(16)11-2-3-11)12(8-24-28)19-14(22)4-5-17(26-19)25-15-9-23-7-6-13(15)21/h4-5,8,10-11,13,15,23H,2-3,6-7,9H2,1H3,(H,25,26)/t13-,15-/m0/s1. The lowest BCUT2D eigenvalue weighted by Gasteiger charge is -2.28. The third kappa shape index (κ3) is 3.39. The Balaban J connectivity index is 1.53. The molecule has 7 nitrogen and oxygen atoms in total. The average molecular weight is 400 g/mol. The Morgan fingerprint density at radius 1 is 1.24 bits per heavy atom. The van der Waals surface area contributed by atoms with Crippen molar-refractivity contribution in [2.24, 2.45) is 0 Å². The van der Waals surface area contributed by atoms with E-state index in [1.807, 2.05) is 0 Å². The second-order valence-corrected chi connectivity index (χ2v) is 7.58. The lowest BCUT2D eigenvalue weighted by molar-refractivity contribution is 0.241. The Bertz CT molecular complexity index is 1050. The summed E-state index contributed by atoms with van der Waals surface area (Å²) in [5.74, 6) is 0.990. The summed E-state index contributed by atoms with van der Waals surface area (Å²) in [6, 6.07) is 2.46. The summed E-state index contributed by atoms with van der Waals surface area (Å²) in [4.78, 5) is 9.14. The quantitative estimate of drug-likeness (QED) is 0.686. The number of halogens is 2. The van der Waals surface area contributed by atoms with E-state index in [0.717, 1.165) is 18.5 Å². The summed E-state index contributed by atoms with van der Waals surface area (Å²) in [5.41, 5.74) is 2.03. The van der Waals surface area contributed by atoms with Crippen molar-refractivity contribution in [2.75, 3.05) is 25.5 Å². The molecule has 2 atom stereocenters. The van der Waals surface area contributed by atoms with E-state index in [1.165, 1.54) is 12.1 Å². The van der Waals surface area contributed by atoms with E-state index in [4.69, 9.17) is 9.72 Å². The normalized spacial score (nSPS) is 22.0. The van der Waals surface area contributed by atoms with Crippen LogP contribution in [0.15, 0.2) is 24.5 Å². The number of nitrogens with one attached hydrogen (secondary N) is 2. The minimum Gasteiger partial charge on any atom is -0.493 e. The van der Waals surface area contributed by atoms with E-state index in [-0.39, 0.29) is 5.69 Å². The van der Waals surface area contributed by atoms with Gasteiger partial charge in [-0.2, -0.15) is 5.10 Å². The second-order valence-electron chi connectivity index (χ2n) is 7.58. The SMILES string of the molecule is COc1cn2ncc(-c3nc(N[C@H]4CNCC[C@@H]4F)ccc3F)c2nc1C1CC1. The molecule has 3 aromatic rings. The van der Waals surface area contributed by atoms with Gasteiger partial charge >= 0.3 is 0 Å². The van der Waals surface area contributed by atoms with Gasteiger partial charge in [0.25, 0.3) is 0 Å². The number of ether oxygens (including phenoxy) is 1. The third-order valence-electron chi connectivity index (χ3n) is 5.50. The molecule has 1 aliphatic heterocycles. The first-order chi connectivity index (χ1) is 14.1. The monoisotopic (exact) mass is 400 g/mol. The van der Waals surface area contributed by atoms with Crippen molar-refractivity contribution in [3.8, 4) is 17.0 Å².